The number of halogens is 1. The fourth-order valence-corrected chi connectivity index (χ4v) is 4.44. The number of nitro groups is 1. The minimum Gasteiger partial charge on any atom is -0.493 e. The first-order valence-corrected chi connectivity index (χ1v) is 11.7. The summed E-state index contributed by atoms with van der Waals surface area (Å²) in [6, 6.07) is 10.4. The number of non-ortho nitro benzene ring substituents is 1. The number of hydrogen-bond acceptors (Lipinski definition) is 8. The summed E-state index contributed by atoms with van der Waals surface area (Å²) in [5.74, 6) is 0.0892. The van der Waals surface area contributed by atoms with Crippen LogP contribution in [0.3, 0.4) is 0 Å². The molecule has 0 aliphatic heterocycles. The second-order valence-electron chi connectivity index (χ2n) is 7.24. The van der Waals surface area contributed by atoms with Crippen LogP contribution in [0, 0.1) is 15.9 Å². The predicted molar refractivity (Wildman–Crippen MR) is 132 cm³/mol. The van der Waals surface area contributed by atoms with Crippen LogP contribution in [0.1, 0.15) is 11.1 Å². The lowest BCUT2D eigenvalue weighted by Gasteiger charge is -2.14. The molecule has 1 N–H and O–H groups in total. The van der Waals surface area contributed by atoms with Crippen LogP contribution in [0.5, 0.6) is 23.0 Å². The zero-order valence-electron chi connectivity index (χ0n) is 19.8. The van der Waals surface area contributed by atoms with Crippen molar-refractivity contribution in [2.45, 2.75) is 4.90 Å². The second-order valence-corrected chi connectivity index (χ2v) is 8.92. The molecule has 0 unspecified atom stereocenters. The summed E-state index contributed by atoms with van der Waals surface area (Å²) in [7, 11) is 1.32. The minimum atomic E-state index is -4.30. The molecule has 0 aliphatic rings. The van der Waals surface area contributed by atoms with Gasteiger partial charge in [-0.1, -0.05) is 18.2 Å². The van der Waals surface area contributed by atoms with Crippen LogP contribution >= 0.6 is 0 Å². The highest BCUT2D eigenvalue weighted by Gasteiger charge is 2.21. The number of nitrogens with zero attached hydrogens (tertiary/aromatic N) is 1. The van der Waals surface area contributed by atoms with Gasteiger partial charge in [0.05, 0.1) is 43.9 Å². The maximum Gasteiger partial charge on any atom is 0.270 e. The Hall–Kier alpha value is -4.32. The Bertz CT molecular complexity index is 1400. The van der Waals surface area contributed by atoms with E-state index < -0.39 is 26.5 Å². The van der Waals surface area contributed by atoms with Gasteiger partial charge in [0.25, 0.3) is 15.7 Å². The lowest BCUT2D eigenvalue weighted by atomic mass is 10.1. The molecule has 3 aromatic carbocycles. The molecule has 0 heterocycles. The van der Waals surface area contributed by atoms with Crippen molar-refractivity contribution in [3.8, 4) is 23.0 Å². The number of ether oxygens (including phenoxy) is 4. The first kappa shape index (κ1) is 26.3. The molecule has 190 valence electrons. The van der Waals surface area contributed by atoms with E-state index in [2.05, 4.69) is 4.72 Å². The van der Waals surface area contributed by atoms with Crippen molar-refractivity contribution in [1.29, 1.82) is 0 Å². The van der Waals surface area contributed by atoms with Crippen LogP contribution in [0.15, 0.2) is 53.4 Å². The van der Waals surface area contributed by atoms with Crippen molar-refractivity contribution >= 4 is 33.6 Å². The van der Waals surface area contributed by atoms with Crippen LogP contribution in [0.2, 0.25) is 0 Å². The van der Waals surface area contributed by atoms with Crippen LogP contribution in [0.4, 0.5) is 15.8 Å². The van der Waals surface area contributed by atoms with Gasteiger partial charge in [-0.25, -0.2) is 12.8 Å². The molecule has 36 heavy (non-hydrogen) atoms. The maximum absolute atomic E-state index is 14.8. The van der Waals surface area contributed by atoms with Crippen LogP contribution in [-0.2, 0) is 10.0 Å². The Balaban J connectivity index is 2.00. The number of sulfonamides is 1. The van der Waals surface area contributed by atoms with Gasteiger partial charge in [-0.3, -0.25) is 14.8 Å². The summed E-state index contributed by atoms with van der Waals surface area (Å²) < 4.78 is 63.8. The zero-order chi connectivity index (χ0) is 26.5. The lowest BCUT2D eigenvalue weighted by molar-refractivity contribution is -0.385. The molecule has 0 aliphatic carbocycles. The van der Waals surface area contributed by atoms with Gasteiger partial charge in [0, 0.05) is 12.1 Å². The van der Waals surface area contributed by atoms with E-state index in [0.717, 1.165) is 12.1 Å². The highest BCUT2D eigenvalue weighted by Crippen LogP contribution is 2.39. The Labute approximate surface area is 207 Å². The summed E-state index contributed by atoms with van der Waals surface area (Å²) in [6.45, 7) is 0. The molecule has 0 bridgehead atoms. The first-order chi connectivity index (χ1) is 17.1. The molecule has 0 radical (unpaired) electrons. The topological polar surface area (TPSA) is 126 Å². The molecular weight excluding hydrogens is 495 g/mol. The highest BCUT2D eigenvalue weighted by atomic mass is 32.2. The third-order valence-electron chi connectivity index (χ3n) is 5.01. The van der Waals surface area contributed by atoms with Crippen molar-refractivity contribution in [3.05, 3.63) is 75.6 Å². The molecular formula is C24H23FN2O8S. The van der Waals surface area contributed by atoms with Crippen molar-refractivity contribution in [1.82, 2.24) is 0 Å². The van der Waals surface area contributed by atoms with Gasteiger partial charge in [-0.2, -0.15) is 0 Å². The normalized spacial score (nSPS) is 11.2. The summed E-state index contributed by atoms with van der Waals surface area (Å²) in [6.07, 6.45) is 3.19. The molecule has 0 saturated heterocycles. The monoisotopic (exact) mass is 518 g/mol. The maximum atomic E-state index is 14.8. The fraction of sp³-hybridized carbons (Fsp3) is 0.167. The Kier molecular flexibility index (Phi) is 8.00. The fourth-order valence-electron chi connectivity index (χ4n) is 3.35. The third-order valence-corrected chi connectivity index (χ3v) is 6.37. The molecule has 3 aromatic rings. The summed E-state index contributed by atoms with van der Waals surface area (Å²) in [4.78, 5) is 9.95. The highest BCUT2D eigenvalue weighted by molar-refractivity contribution is 7.92. The molecule has 0 spiro atoms. The third kappa shape index (κ3) is 5.66. The molecule has 0 atom stereocenters. The lowest BCUT2D eigenvalue weighted by Crippen LogP contribution is -2.14. The Morgan fingerprint density at radius 2 is 1.44 bits per heavy atom. The minimum absolute atomic E-state index is 0.187. The van der Waals surface area contributed by atoms with Gasteiger partial charge >= 0.3 is 0 Å². The number of nitrogens with one attached hydrogen (secondary N) is 1. The van der Waals surface area contributed by atoms with E-state index >= 15 is 0 Å². The van der Waals surface area contributed by atoms with E-state index in [1.54, 1.807) is 24.3 Å². The van der Waals surface area contributed by atoms with Gasteiger partial charge in [0.15, 0.2) is 23.1 Å². The SMILES string of the molecule is COc1cc(/C=C\c2cc(F)c(OC)c(NS(=O)(=O)c3cccc([N+](=O)[O-])c3)c2)cc(OC)c1OC. The average molecular weight is 519 g/mol. The van der Waals surface area contributed by atoms with Crippen molar-refractivity contribution in [2.75, 3.05) is 33.2 Å². The van der Waals surface area contributed by atoms with E-state index in [4.69, 9.17) is 18.9 Å². The summed E-state index contributed by atoms with van der Waals surface area (Å²) in [5.41, 5.74) is 0.352. The Morgan fingerprint density at radius 1 is 0.861 bits per heavy atom. The smallest absolute Gasteiger partial charge is 0.270 e. The molecule has 0 aromatic heterocycles. The quantitative estimate of drug-likeness (QED) is 0.232. The van der Waals surface area contributed by atoms with Gasteiger partial charge in [-0.05, 0) is 41.5 Å². The van der Waals surface area contributed by atoms with Crippen LogP contribution in [-0.4, -0.2) is 41.8 Å². The number of nitro benzene ring substituents is 1. The molecule has 0 amide bonds. The zero-order valence-corrected chi connectivity index (χ0v) is 20.6. The van der Waals surface area contributed by atoms with Crippen molar-refractivity contribution in [2.24, 2.45) is 0 Å². The molecule has 3 rings (SSSR count). The molecule has 12 heteroatoms. The summed E-state index contributed by atoms with van der Waals surface area (Å²) >= 11 is 0. The summed E-state index contributed by atoms with van der Waals surface area (Å²) in [5, 5.41) is 11.0. The van der Waals surface area contributed by atoms with Gasteiger partial charge in [-0.15, -0.1) is 0 Å². The number of rotatable bonds is 10. The van der Waals surface area contributed by atoms with Crippen molar-refractivity contribution in [3.63, 3.8) is 0 Å². The predicted octanol–water partition coefficient (Wildman–Crippen LogP) is 4.74. The second kappa shape index (κ2) is 11.0. The Morgan fingerprint density at radius 3 is 1.97 bits per heavy atom. The van der Waals surface area contributed by atoms with E-state index in [0.29, 0.717) is 28.4 Å². The molecule has 0 fully saturated rings. The van der Waals surface area contributed by atoms with Gasteiger partial charge in [0.2, 0.25) is 5.75 Å². The van der Waals surface area contributed by atoms with E-state index in [1.165, 1.54) is 52.7 Å². The average Bonchev–Trinajstić information content (AvgIpc) is 2.86. The number of hydrogen-bond donors (Lipinski definition) is 1. The van der Waals surface area contributed by atoms with Crippen molar-refractivity contribution < 1.29 is 36.7 Å². The van der Waals surface area contributed by atoms with E-state index in [-0.39, 0.29) is 16.3 Å². The molecule has 0 saturated carbocycles. The molecule has 10 nitrogen and oxygen atoms in total. The van der Waals surface area contributed by atoms with E-state index in [1.807, 2.05) is 0 Å². The number of methoxy groups -OCH3 is 4. The van der Waals surface area contributed by atoms with Crippen LogP contribution in [0.25, 0.3) is 12.2 Å². The van der Waals surface area contributed by atoms with Gasteiger partial charge < -0.3 is 18.9 Å². The van der Waals surface area contributed by atoms with E-state index in [9.17, 15) is 22.9 Å². The van der Waals surface area contributed by atoms with Crippen LogP contribution < -0.4 is 23.7 Å². The largest absolute Gasteiger partial charge is 0.493 e. The standard InChI is InChI=1S/C24H23FN2O8S/c1-32-21-12-16(13-22(33-2)24(21)35-4)9-8-15-10-19(25)23(34-3)20(11-15)26-36(30,31)18-7-5-6-17(14-18)27(28)29/h5-14,26H,1-4H3/b9-8-. The number of anilines is 1. The number of benzene rings is 3. The first-order valence-electron chi connectivity index (χ1n) is 10.3. The van der Waals surface area contributed by atoms with Gasteiger partial charge in [0.1, 0.15) is 0 Å².